The maximum absolute atomic E-state index is 5.59. The van der Waals surface area contributed by atoms with Crippen molar-refractivity contribution in [1.82, 2.24) is 14.8 Å². The minimum Gasteiger partial charge on any atom is -0.486 e. The second-order valence-corrected chi connectivity index (χ2v) is 5.35. The third kappa shape index (κ3) is 2.41. The van der Waals surface area contributed by atoms with Crippen LogP contribution < -0.4 is 14.8 Å². The molecule has 2 aliphatic rings. The predicted octanol–water partition coefficient (Wildman–Crippen LogP) is 2.00. The molecular formula is C15H18N4O2. The van der Waals surface area contributed by atoms with E-state index in [9.17, 15) is 0 Å². The highest BCUT2D eigenvalue weighted by Gasteiger charge is 2.16. The average molecular weight is 286 g/mol. The van der Waals surface area contributed by atoms with Crippen molar-refractivity contribution in [3.8, 4) is 11.5 Å². The van der Waals surface area contributed by atoms with Crippen LogP contribution in [0.4, 0.5) is 5.69 Å². The molecule has 2 aromatic rings. The van der Waals surface area contributed by atoms with Crippen LogP contribution in [0.5, 0.6) is 11.5 Å². The van der Waals surface area contributed by atoms with E-state index in [-0.39, 0.29) is 0 Å². The standard InChI is InChI=1S/C15H18N4O2/c1-2-6-19-14(3-1)17-18-15(19)10-16-11-4-5-12-13(9-11)21-8-7-20-12/h4-5,9,16H,1-3,6-8,10H2. The van der Waals surface area contributed by atoms with Gasteiger partial charge in [0.2, 0.25) is 0 Å². The number of nitrogens with zero attached hydrogens (tertiary/aromatic N) is 3. The molecule has 0 amide bonds. The Morgan fingerprint density at radius 1 is 1.10 bits per heavy atom. The summed E-state index contributed by atoms with van der Waals surface area (Å²) < 4.78 is 13.3. The van der Waals surface area contributed by atoms with Crippen LogP contribution in [0, 0.1) is 0 Å². The van der Waals surface area contributed by atoms with Gasteiger partial charge >= 0.3 is 0 Å². The van der Waals surface area contributed by atoms with E-state index in [4.69, 9.17) is 9.47 Å². The monoisotopic (exact) mass is 286 g/mol. The summed E-state index contributed by atoms with van der Waals surface area (Å²) in [5.41, 5.74) is 1.01. The van der Waals surface area contributed by atoms with Gasteiger partial charge in [-0.1, -0.05) is 0 Å². The molecular weight excluding hydrogens is 268 g/mol. The maximum atomic E-state index is 5.59. The normalized spacial score (nSPS) is 16.4. The van der Waals surface area contributed by atoms with Gasteiger partial charge in [-0.3, -0.25) is 0 Å². The summed E-state index contributed by atoms with van der Waals surface area (Å²) in [6, 6.07) is 5.92. The van der Waals surface area contributed by atoms with Gasteiger partial charge in [0.1, 0.15) is 19.0 Å². The van der Waals surface area contributed by atoms with Crippen LogP contribution in [0.15, 0.2) is 18.2 Å². The lowest BCUT2D eigenvalue weighted by Crippen LogP contribution is -2.16. The Balaban J connectivity index is 1.48. The van der Waals surface area contributed by atoms with Gasteiger partial charge in [-0.05, 0) is 25.0 Å². The number of hydrogen-bond acceptors (Lipinski definition) is 5. The van der Waals surface area contributed by atoms with Gasteiger partial charge in [-0.25, -0.2) is 0 Å². The highest BCUT2D eigenvalue weighted by Crippen LogP contribution is 2.32. The second kappa shape index (κ2) is 5.27. The van der Waals surface area contributed by atoms with Gasteiger partial charge in [-0.2, -0.15) is 0 Å². The molecule has 4 rings (SSSR count). The van der Waals surface area contributed by atoms with Crippen LogP contribution in [0.2, 0.25) is 0 Å². The predicted molar refractivity (Wildman–Crippen MR) is 77.7 cm³/mol. The first kappa shape index (κ1) is 12.5. The molecule has 6 nitrogen and oxygen atoms in total. The number of hydrogen-bond donors (Lipinski definition) is 1. The van der Waals surface area contributed by atoms with E-state index >= 15 is 0 Å². The number of benzene rings is 1. The lowest BCUT2D eigenvalue weighted by Gasteiger charge is -2.19. The molecule has 0 bridgehead atoms. The fraction of sp³-hybridized carbons (Fsp3) is 0.467. The van der Waals surface area contributed by atoms with Gasteiger partial charge in [0.15, 0.2) is 17.3 Å². The molecule has 0 aliphatic carbocycles. The smallest absolute Gasteiger partial charge is 0.163 e. The average Bonchev–Trinajstić information content (AvgIpc) is 2.96. The Kier molecular flexibility index (Phi) is 3.14. The Labute approximate surface area is 123 Å². The zero-order chi connectivity index (χ0) is 14.1. The summed E-state index contributed by atoms with van der Waals surface area (Å²) in [6.07, 6.45) is 3.47. The van der Waals surface area contributed by atoms with Crippen LogP contribution in [0.1, 0.15) is 24.5 Å². The van der Waals surface area contributed by atoms with E-state index in [0.717, 1.165) is 41.8 Å². The Bertz CT molecular complexity index is 653. The van der Waals surface area contributed by atoms with Crippen molar-refractivity contribution in [2.75, 3.05) is 18.5 Å². The van der Waals surface area contributed by atoms with Crippen molar-refractivity contribution in [2.24, 2.45) is 0 Å². The Morgan fingerprint density at radius 3 is 2.95 bits per heavy atom. The number of aromatic nitrogens is 3. The summed E-state index contributed by atoms with van der Waals surface area (Å²) in [4.78, 5) is 0. The third-order valence-corrected chi connectivity index (χ3v) is 3.93. The highest BCUT2D eigenvalue weighted by atomic mass is 16.6. The van der Waals surface area contributed by atoms with Crippen molar-refractivity contribution in [2.45, 2.75) is 32.4 Å². The van der Waals surface area contributed by atoms with Crippen molar-refractivity contribution >= 4 is 5.69 Å². The quantitative estimate of drug-likeness (QED) is 0.935. The van der Waals surface area contributed by atoms with Gasteiger partial charge < -0.3 is 19.4 Å². The van der Waals surface area contributed by atoms with E-state index in [1.54, 1.807) is 0 Å². The minimum absolute atomic E-state index is 0.605. The third-order valence-electron chi connectivity index (χ3n) is 3.93. The molecule has 3 heterocycles. The largest absolute Gasteiger partial charge is 0.486 e. The van der Waals surface area contributed by atoms with E-state index in [1.165, 1.54) is 12.8 Å². The Morgan fingerprint density at radius 2 is 2.00 bits per heavy atom. The molecule has 1 aromatic carbocycles. The Hall–Kier alpha value is -2.24. The van der Waals surface area contributed by atoms with Gasteiger partial charge in [-0.15, -0.1) is 10.2 Å². The molecule has 2 aliphatic heterocycles. The molecule has 0 unspecified atom stereocenters. The van der Waals surface area contributed by atoms with Crippen molar-refractivity contribution in [1.29, 1.82) is 0 Å². The SMILES string of the molecule is c1cc2c(cc1NCc1nnc3n1CCCC3)OCCO2. The molecule has 0 fully saturated rings. The fourth-order valence-electron chi connectivity index (χ4n) is 2.83. The first-order valence-electron chi connectivity index (χ1n) is 7.44. The fourth-order valence-corrected chi connectivity index (χ4v) is 2.83. The number of fused-ring (bicyclic) bond motifs is 2. The topological polar surface area (TPSA) is 61.2 Å². The number of ether oxygens (including phenoxy) is 2. The van der Waals surface area contributed by atoms with E-state index < -0.39 is 0 Å². The summed E-state index contributed by atoms with van der Waals surface area (Å²) in [5.74, 6) is 3.72. The maximum Gasteiger partial charge on any atom is 0.163 e. The zero-order valence-electron chi connectivity index (χ0n) is 11.8. The lowest BCUT2D eigenvalue weighted by molar-refractivity contribution is 0.171. The molecule has 0 saturated carbocycles. The summed E-state index contributed by atoms with van der Waals surface area (Å²) in [7, 11) is 0. The van der Waals surface area contributed by atoms with E-state index in [1.807, 2.05) is 18.2 Å². The molecule has 0 saturated heterocycles. The number of aryl methyl sites for hydroxylation is 1. The molecule has 110 valence electrons. The van der Waals surface area contributed by atoms with Crippen LogP contribution in [-0.2, 0) is 19.5 Å². The van der Waals surface area contributed by atoms with Crippen molar-refractivity contribution < 1.29 is 9.47 Å². The van der Waals surface area contributed by atoms with Crippen molar-refractivity contribution in [3.63, 3.8) is 0 Å². The van der Waals surface area contributed by atoms with Crippen LogP contribution in [0.25, 0.3) is 0 Å². The molecule has 0 atom stereocenters. The summed E-state index contributed by atoms with van der Waals surface area (Å²) in [5, 5.41) is 12.0. The van der Waals surface area contributed by atoms with Crippen LogP contribution in [0.3, 0.4) is 0 Å². The number of anilines is 1. The zero-order valence-corrected chi connectivity index (χ0v) is 11.8. The number of nitrogens with one attached hydrogen (secondary N) is 1. The molecule has 0 spiro atoms. The van der Waals surface area contributed by atoms with Crippen LogP contribution >= 0.6 is 0 Å². The number of rotatable bonds is 3. The van der Waals surface area contributed by atoms with Crippen LogP contribution in [-0.4, -0.2) is 28.0 Å². The second-order valence-electron chi connectivity index (χ2n) is 5.35. The molecule has 6 heteroatoms. The molecule has 1 aromatic heterocycles. The van der Waals surface area contributed by atoms with E-state index in [0.29, 0.717) is 19.8 Å². The molecule has 1 N–H and O–H groups in total. The van der Waals surface area contributed by atoms with Crippen molar-refractivity contribution in [3.05, 3.63) is 29.8 Å². The summed E-state index contributed by atoms with van der Waals surface area (Å²) >= 11 is 0. The first-order chi connectivity index (χ1) is 10.4. The highest BCUT2D eigenvalue weighted by molar-refractivity contribution is 5.55. The molecule has 21 heavy (non-hydrogen) atoms. The first-order valence-corrected chi connectivity index (χ1v) is 7.44. The van der Waals surface area contributed by atoms with Gasteiger partial charge in [0.05, 0.1) is 6.54 Å². The minimum atomic E-state index is 0.605. The summed E-state index contributed by atoms with van der Waals surface area (Å²) in [6.45, 7) is 2.92. The van der Waals surface area contributed by atoms with Gasteiger partial charge in [0, 0.05) is 24.7 Å². The van der Waals surface area contributed by atoms with E-state index in [2.05, 4.69) is 20.1 Å². The molecule has 0 radical (unpaired) electrons. The lowest BCUT2D eigenvalue weighted by atomic mass is 10.2. The van der Waals surface area contributed by atoms with Gasteiger partial charge in [0.25, 0.3) is 0 Å².